The highest BCUT2D eigenvalue weighted by Crippen LogP contribution is 2.51. The summed E-state index contributed by atoms with van der Waals surface area (Å²) in [6.45, 7) is 4.73. The fraction of sp³-hybridized carbons (Fsp3) is 0.140. The lowest BCUT2D eigenvalue weighted by atomic mass is 9.81. The van der Waals surface area contributed by atoms with E-state index in [0.717, 1.165) is 34.5 Å². The van der Waals surface area contributed by atoms with Crippen molar-refractivity contribution in [2.75, 3.05) is 5.32 Å². The molecule has 0 saturated carbocycles. The molecule has 0 bridgehead atoms. The van der Waals surface area contributed by atoms with Crippen LogP contribution in [0.2, 0.25) is 0 Å². The van der Waals surface area contributed by atoms with Crippen LogP contribution in [-0.4, -0.2) is 11.1 Å². The van der Waals surface area contributed by atoms with Crippen molar-refractivity contribution in [2.24, 2.45) is 10.9 Å². The first-order valence-corrected chi connectivity index (χ1v) is 19.9. The van der Waals surface area contributed by atoms with Crippen LogP contribution in [0.1, 0.15) is 54.3 Å². The van der Waals surface area contributed by atoms with Gasteiger partial charge in [-0.1, -0.05) is 147 Å². The van der Waals surface area contributed by atoms with Crippen molar-refractivity contribution in [3.63, 3.8) is 0 Å². The Morgan fingerprint density at radius 3 is 2.31 bits per heavy atom. The van der Waals surface area contributed by atoms with Crippen LogP contribution in [-0.2, 0) is 5.41 Å². The molecule has 0 radical (unpaired) electrons. The average Bonchev–Trinajstić information content (AvgIpc) is 3.76. The first-order chi connectivity index (χ1) is 26.5. The number of aliphatic imine (C=N–C) groups is 1. The predicted octanol–water partition coefficient (Wildman–Crippen LogP) is 12.6. The van der Waals surface area contributed by atoms with E-state index in [1.807, 2.05) is 11.8 Å². The van der Waals surface area contributed by atoms with E-state index >= 15 is 0 Å². The Hall–Kier alpha value is -5.84. The highest BCUT2D eigenvalue weighted by molar-refractivity contribution is 8.00. The lowest BCUT2D eigenvalue weighted by Gasteiger charge is -2.26. The Balaban J connectivity index is 0.995. The van der Waals surface area contributed by atoms with Gasteiger partial charge in [0.25, 0.3) is 0 Å². The maximum Gasteiger partial charge on any atom is 0.145 e. The molecule has 0 spiro atoms. The quantitative estimate of drug-likeness (QED) is 0.178. The first kappa shape index (κ1) is 31.7. The van der Waals surface area contributed by atoms with Crippen molar-refractivity contribution < 1.29 is 0 Å². The van der Waals surface area contributed by atoms with Crippen LogP contribution < -0.4 is 10.6 Å². The molecule has 2 aliphatic carbocycles. The number of anilines is 1. The predicted molar refractivity (Wildman–Crippen MR) is 229 cm³/mol. The molecular weight excluding hydrogens is 675 g/mol. The molecule has 260 valence electrons. The van der Waals surface area contributed by atoms with Gasteiger partial charge in [0.05, 0.1) is 16.8 Å². The van der Waals surface area contributed by atoms with Crippen molar-refractivity contribution >= 4 is 61.2 Å². The van der Waals surface area contributed by atoms with Crippen LogP contribution in [0.25, 0.3) is 49.1 Å². The SMILES string of the molecule is CC1(C)c2cc(C3=NC(c4ccc5c(ccc6ccc7c(c65)NC(C5C=CC=CC5)S7)c4)NC(c4ccccc4)=C3)ccc2-c2cc3ccccc3cc21. The maximum atomic E-state index is 5.46. The highest BCUT2D eigenvalue weighted by Gasteiger charge is 2.36. The summed E-state index contributed by atoms with van der Waals surface area (Å²) in [4.78, 5) is 6.79. The molecule has 3 atom stereocenters. The van der Waals surface area contributed by atoms with Crippen LogP contribution >= 0.6 is 11.8 Å². The third-order valence-corrected chi connectivity index (χ3v) is 13.3. The van der Waals surface area contributed by atoms with E-state index in [-0.39, 0.29) is 11.6 Å². The third kappa shape index (κ3) is 5.00. The van der Waals surface area contributed by atoms with Crippen molar-refractivity contribution in [1.82, 2.24) is 5.32 Å². The van der Waals surface area contributed by atoms with E-state index in [0.29, 0.717) is 11.3 Å². The molecule has 0 aromatic heterocycles. The molecule has 4 heteroatoms. The number of rotatable bonds is 4. The molecule has 2 heterocycles. The van der Waals surface area contributed by atoms with E-state index in [1.165, 1.54) is 65.2 Å². The van der Waals surface area contributed by atoms with E-state index in [4.69, 9.17) is 4.99 Å². The zero-order chi connectivity index (χ0) is 36.0. The molecule has 3 nitrogen and oxygen atoms in total. The minimum Gasteiger partial charge on any atom is -0.371 e. The smallest absolute Gasteiger partial charge is 0.145 e. The number of benzene rings is 7. The Bertz CT molecular complexity index is 2820. The van der Waals surface area contributed by atoms with Gasteiger partial charge in [-0.3, -0.25) is 4.99 Å². The van der Waals surface area contributed by atoms with Gasteiger partial charge < -0.3 is 10.6 Å². The van der Waals surface area contributed by atoms with Crippen LogP contribution in [0.3, 0.4) is 0 Å². The Labute approximate surface area is 320 Å². The van der Waals surface area contributed by atoms with Crippen molar-refractivity contribution in [1.29, 1.82) is 0 Å². The minimum absolute atomic E-state index is 0.123. The van der Waals surface area contributed by atoms with Gasteiger partial charge in [-0.15, -0.1) is 0 Å². The minimum atomic E-state index is -0.241. The fourth-order valence-electron chi connectivity index (χ4n) is 9.11. The summed E-state index contributed by atoms with van der Waals surface area (Å²) in [5.41, 5.74) is 12.1. The van der Waals surface area contributed by atoms with Crippen molar-refractivity contribution in [3.05, 3.63) is 186 Å². The second-order valence-corrected chi connectivity index (χ2v) is 16.8. The Kier molecular flexibility index (Phi) is 7.09. The monoisotopic (exact) mass is 713 g/mol. The summed E-state index contributed by atoms with van der Waals surface area (Å²) in [6.07, 6.45) is 12.0. The van der Waals surface area contributed by atoms with Crippen molar-refractivity contribution in [3.8, 4) is 11.1 Å². The molecule has 7 aromatic carbocycles. The van der Waals surface area contributed by atoms with E-state index in [1.54, 1.807) is 0 Å². The second kappa shape index (κ2) is 12.1. The molecular formula is C50H39N3S. The first-order valence-electron chi connectivity index (χ1n) is 19.0. The normalized spacial score (nSPS) is 20.6. The van der Waals surface area contributed by atoms with Gasteiger partial charge >= 0.3 is 0 Å². The summed E-state index contributed by atoms with van der Waals surface area (Å²) < 4.78 is 0. The summed E-state index contributed by atoms with van der Waals surface area (Å²) in [5, 5.41) is 15.7. The van der Waals surface area contributed by atoms with Gasteiger partial charge in [-0.05, 0) is 103 Å². The van der Waals surface area contributed by atoms with Gasteiger partial charge in [-0.25, -0.2) is 0 Å². The zero-order valence-corrected chi connectivity index (χ0v) is 31.1. The van der Waals surface area contributed by atoms with Crippen LogP contribution in [0, 0.1) is 5.92 Å². The molecule has 4 aliphatic rings. The van der Waals surface area contributed by atoms with Crippen LogP contribution in [0.4, 0.5) is 5.69 Å². The standard InChI is InChI=1S/C50H39N3S/c1-50(2)41-28-36(19-23-39(41)40-26-33-15-9-10-16-34(33)27-42(40)50)44-29-43(30-11-5-3-6-12-30)51-48(52-44)37-20-22-38-35(25-37)18-17-31-21-24-45-47(46(31)38)53-49(54-45)32-13-7-4-8-14-32/h3-13,15-29,32,48-49,51,53H,14H2,1-2H3. The summed E-state index contributed by atoms with van der Waals surface area (Å²) >= 11 is 1.96. The van der Waals surface area contributed by atoms with Gasteiger partial charge in [0.15, 0.2) is 0 Å². The second-order valence-electron chi connectivity index (χ2n) is 15.6. The molecule has 0 saturated heterocycles. The number of hydrogen-bond donors (Lipinski definition) is 2. The van der Waals surface area contributed by atoms with Gasteiger partial charge in [0.2, 0.25) is 0 Å². The van der Waals surface area contributed by atoms with E-state index < -0.39 is 0 Å². The molecule has 2 N–H and O–H groups in total. The Morgan fingerprint density at radius 1 is 0.667 bits per heavy atom. The summed E-state index contributed by atoms with van der Waals surface area (Å²) in [5.74, 6) is 0.479. The molecule has 0 fully saturated rings. The molecule has 7 aromatic rings. The fourth-order valence-corrected chi connectivity index (χ4v) is 10.4. The Morgan fingerprint density at radius 2 is 1.46 bits per heavy atom. The molecule has 0 amide bonds. The number of allylic oxidation sites excluding steroid dienone is 4. The lowest BCUT2D eigenvalue weighted by Crippen LogP contribution is -2.25. The van der Waals surface area contributed by atoms with Gasteiger partial charge in [0, 0.05) is 32.9 Å². The van der Waals surface area contributed by atoms with Gasteiger partial charge in [0.1, 0.15) is 6.17 Å². The molecule has 54 heavy (non-hydrogen) atoms. The number of nitrogens with zero attached hydrogens (tertiary/aromatic N) is 1. The number of nitrogens with one attached hydrogen (secondary N) is 2. The molecule has 3 unspecified atom stereocenters. The zero-order valence-electron chi connectivity index (χ0n) is 30.3. The lowest BCUT2D eigenvalue weighted by molar-refractivity contribution is 0.659. The van der Waals surface area contributed by atoms with E-state index in [2.05, 4.69) is 182 Å². The average molecular weight is 714 g/mol. The number of thioether (sulfide) groups is 1. The van der Waals surface area contributed by atoms with Crippen LogP contribution in [0.15, 0.2) is 168 Å². The van der Waals surface area contributed by atoms with Gasteiger partial charge in [-0.2, -0.15) is 0 Å². The van der Waals surface area contributed by atoms with Crippen LogP contribution in [0.5, 0.6) is 0 Å². The third-order valence-electron chi connectivity index (χ3n) is 12.0. The van der Waals surface area contributed by atoms with Crippen molar-refractivity contribution in [2.45, 2.75) is 42.1 Å². The maximum absolute atomic E-state index is 5.46. The summed E-state index contributed by atoms with van der Waals surface area (Å²) in [7, 11) is 0. The topological polar surface area (TPSA) is 36.4 Å². The largest absolute Gasteiger partial charge is 0.371 e. The van der Waals surface area contributed by atoms with E-state index in [9.17, 15) is 0 Å². The summed E-state index contributed by atoms with van der Waals surface area (Å²) in [6, 6.07) is 47.1. The molecule has 11 rings (SSSR count). The number of hydrogen-bond acceptors (Lipinski definition) is 4. The number of fused-ring (bicyclic) bond motifs is 9. The molecule has 2 aliphatic heterocycles. The highest BCUT2D eigenvalue weighted by atomic mass is 32.2.